The Morgan fingerprint density at radius 2 is 2.15 bits per heavy atom. The van der Waals surface area contributed by atoms with Crippen molar-refractivity contribution in [3.8, 4) is 0 Å². The second-order valence-electron chi connectivity index (χ2n) is 2.55. The van der Waals surface area contributed by atoms with Crippen LogP contribution in [0.2, 0.25) is 0 Å². The summed E-state index contributed by atoms with van der Waals surface area (Å²) in [4.78, 5) is 11.1. The first-order valence-electron chi connectivity index (χ1n) is 4.81. The molecule has 0 aromatic rings. The van der Waals surface area contributed by atoms with Gasteiger partial charge in [0.25, 0.3) is 0 Å². The third kappa shape index (κ3) is 4.68. The molecular formula is C10H19NO2. The highest BCUT2D eigenvalue weighted by atomic mass is 16.5. The molecule has 0 saturated carbocycles. The molecule has 1 rings (SSSR count). The third-order valence-electron chi connectivity index (χ3n) is 1.64. The molecule has 0 aromatic heterocycles. The van der Waals surface area contributed by atoms with Crippen molar-refractivity contribution in [2.24, 2.45) is 5.92 Å². The fourth-order valence-electron chi connectivity index (χ4n) is 0.809. The van der Waals surface area contributed by atoms with Gasteiger partial charge >= 0.3 is 0 Å². The average Bonchev–Trinajstić information content (AvgIpc) is 2.05. The second-order valence-corrected chi connectivity index (χ2v) is 2.55. The lowest BCUT2D eigenvalue weighted by Crippen LogP contribution is -2.42. The maximum atomic E-state index is 11.1. The molecule has 1 fully saturated rings. The Morgan fingerprint density at radius 1 is 1.54 bits per heavy atom. The lowest BCUT2D eigenvalue weighted by Gasteiger charge is -2.24. The largest absolute Gasteiger partial charge is 0.380 e. The predicted octanol–water partition coefficient (Wildman–Crippen LogP) is 1.35. The predicted molar refractivity (Wildman–Crippen MR) is 53.5 cm³/mol. The zero-order chi connectivity index (χ0) is 10.1. The zero-order valence-corrected chi connectivity index (χ0v) is 8.67. The van der Waals surface area contributed by atoms with E-state index in [0.29, 0.717) is 19.8 Å². The number of amides is 1. The van der Waals surface area contributed by atoms with Crippen molar-refractivity contribution in [2.45, 2.75) is 20.8 Å². The van der Waals surface area contributed by atoms with Crippen molar-refractivity contribution < 1.29 is 9.53 Å². The van der Waals surface area contributed by atoms with E-state index >= 15 is 0 Å². The molecule has 3 heteroatoms. The van der Waals surface area contributed by atoms with Gasteiger partial charge < -0.3 is 10.1 Å². The van der Waals surface area contributed by atoms with E-state index in [1.807, 2.05) is 32.9 Å². The number of nitrogens with one attached hydrogen (secondary N) is 1. The maximum absolute atomic E-state index is 11.1. The van der Waals surface area contributed by atoms with E-state index in [0.717, 1.165) is 0 Å². The van der Waals surface area contributed by atoms with Crippen LogP contribution in [0.5, 0.6) is 0 Å². The summed E-state index contributed by atoms with van der Waals surface area (Å²) in [5.74, 6) is 0.203. The first kappa shape index (κ1) is 12.2. The fourth-order valence-corrected chi connectivity index (χ4v) is 0.809. The van der Waals surface area contributed by atoms with Gasteiger partial charge in [-0.3, -0.25) is 4.79 Å². The number of carbonyl (C=O) groups is 1. The average molecular weight is 185 g/mol. The minimum atomic E-state index is 0.0975. The number of ether oxygens (including phenoxy) is 1. The monoisotopic (exact) mass is 185 g/mol. The number of hydrogen-bond donors (Lipinski definition) is 1. The van der Waals surface area contributed by atoms with Gasteiger partial charge in [-0.1, -0.05) is 26.0 Å². The lowest BCUT2D eigenvalue weighted by atomic mass is 10.1. The fraction of sp³-hybridized carbons (Fsp3) is 0.700. The molecule has 0 atom stereocenters. The van der Waals surface area contributed by atoms with Crippen LogP contribution in [0.1, 0.15) is 20.8 Å². The Kier molecular flexibility index (Phi) is 7.30. The van der Waals surface area contributed by atoms with Crippen LogP contribution in [0.15, 0.2) is 12.2 Å². The SMILES string of the molecule is C/C=C/CNC(=O)C1COC1.CC. The molecule has 0 unspecified atom stereocenters. The van der Waals surface area contributed by atoms with Crippen LogP contribution in [0.3, 0.4) is 0 Å². The lowest BCUT2D eigenvalue weighted by molar-refractivity contribution is -0.138. The van der Waals surface area contributed by atoms with Gasteiger partial charge in [0.15, 0.2) is 0 Å². The van der Waals surface area contributed by atoms with E-state index in [1.54, 1.807) is 0 Å². The summed E-state index contributed by atoms with van der Waals surface area (Å²) in [5.41, 5.74) is 0. The van der Waals surface area contributed by atoms with Crippen molar-refractivity contribution >= 4 is 5.91 Å². The molecule has 0 aliphatic carbocycles. The van der Waals surface area contributed by atoms with Gasteiger partial charge in [-0.15, -0.1) is 0 Å². The minimum Gasteiger partial charge on any atom is -0.380 e. The first-order chi connectivity index (χ1) is 6.34. The summed E-state index contributed by atoms with van der Waals surface area (Å²) in [7, 11) is 0. The highest BCUT2D eigenvalue weighted by molar-refractivity contribution is 5.79. The Morgan fingerprint density at radius 3 is 2.54 bits per heavy atom. The number of rotatable bonds is 3. The smallest absolute Gasteiger partial charge is 0.228 e. The van der Waals surface area contributed by atoms with Crippen LogP contribution >= 0.6 is 0 Å². The molecule has 76 valence electrons. The van der Waals surface area contributed by atoms with Crippen molar-refractivity contribution in [3.63, 3.8) is 0 Å². The van der Waals surface area contributed by atoms with Crippen molar-refractivity contribution in [3.05, 3.63) is 12.2 Å². The highest BCUT2D eigenvalue weighted by Gasteiger charge is 2.25. The van der Waals surface area contributed by atoms with Crippen LogP contribution < -0.4 is 5.32 Å². The van der Waals surface area contributed by atoms with Gasteiger partial charge in [0, 0.05) is 6.54 Å². The van der Waals surface area contributed by atoms with E-state index < -0.39 is 0 Å². The molecule has 0 spiro atoms. The van der Waals surface area contributed by atoms with Crippen LogP contribution in [0.4, 0.5) is 0 Å². The first-order valence-corrected chi connectivity index (χ1v) is 4.81. The maximum Gasteiger partial charge on any atom is 0.228 e. The van der Waals surface area contributed by atoms with Gasteiger partial charge in [-0.2, -0.15) is 0 Å². The zero-order valence-electron chi connectivity index (χ0n) is 8.67. The van der Waals surface area contributed by atoms with Crippen LogP contribution in [-0.4, -0.2) is 25.7 Å². The van der Waals surface area contributed by atoms with Crippen LogP contribution in [-0.2, 0) is 9.53 Å². The van der Waals surface area contributed by atoms with Gasteiger partial charge in [-0.05, 0) is 6.92 Å². The Hall–Kier alpha value is -0.830. The van der Waals surface area contributed by atoms with Crippen LogP contribution in [0, 0.1) is 5.92 Å². The van der Waals surface area contributed by atoms with Crippen molar-refractivity contribution in [2.75, 3.05) is 19.8 Å². The summed E-state index contributed by atoms with van der Waals surface area (Å²) in [6, 6.07) is 0. The molecule has 1 N–H and O–H groups in total. The summed E-state index contributed by atoms with van der Waals surface area (Å²) in [6.07, 6.45) is 3.83. The van der Waals surface area contributed by atoms with Crippen LogP contribution in [0.25, 0.3) is 0 Å². The van der Waals surface area contributed by atoms with E-state index in [-0.39, 0.29) is 11.8 Å². The molecular weight excluding hydrogens is 166 g/mol. The van der Waals surface area contributed by atoms with E-state index in [9.17, 15) is 4.79 Å². The Labute approximate surface area is 80.2 Å². The third-order valence-corrected chi connectivity index (χ3v) is 1.64. The molecule has 1 saturated heterocycles. The normalized spacial score (nSPS) is 15.9. The quantitative estimate of drug-likeness (QED) is 0.674. The second kappa shape index (κ2) is 7.80. The Balaban J connectivity index is 0.000000671. The van der Waals surface area contributed by atoms with Crippen molar-refractivity contribution in [1.29, 1.82) is 0 Å². The molecule has 0 aromatic carbocycles. The van der Waals surface area contributed by atoms with Crippen molar-refractivity contribution in [1.82, 2.24) is 5.32 Å². The summed E-state index contributed by atoms with van der Waals surface area (Å²) in [5, 5.41) is 2.78. The molecule has 1 amide bonds. The van der Waals surface area contributed by atoms with E-state index in [1.165, 1.54) is 0 Å². The number of allylic oxidation sites excluding steroid dienone is 1. The molecule has 0 radical (unpaired) electrons. The molecule has 1 aliphatic heterocycles. The summed E-state index contributed by atoms with van der Waals surface area (Å²) < 4.78 is 4.88. The highest BCUT2D eigenvalue weighted by Crippen LogP contribution is 2.08. The number of hydrogen-bond acceptors (Lipinski definition) is 2. The van der Waals surface area contributed by atoms with Gasteiger partial charge in [0.2, 0.25) is 5.91 Å². The van der Waals surface area contributed by atoms with E-state index in [2.05, 4.69) is 5.32 Å². The van der Waals surface area contributed by atoms with Gasteiger partial charge in [-0.25, -0.2) is 0 Å². The van der Waals surface area contributed by atoms with Gasteiger partial charge in [0.1, 0.15) is 0 Å². The Bertz CT molecular complexity index is 162. The molecule has 0 bridgehead atoms. The minimum absolute atomic E-state index is 0.0975. The number of carbonyl (C=O) groups excluding carboxylic acids is 1. The molecule has 1 heterocycles. The molecule has 1 aliphatic rings. The standard InChI is InChI=1S/C8H13NO2.C2H6/c1-2-3-4-9-8(10)7-5-11-6-7;1-2/h2-3,7H,4-6H2,1H3,(H,9,10);1-2H3/b3-2+;. The molecule has 13 heavy (non-hydrogen) atoms. The summed E-state index contributed by atoms with van der Waals surface area (Å²) in [6.45, 7) is 7.73. The summed E-state index contributed by atoms with van der Waals surface area (Å²) >= 11 is 0. The van der Waals surface area contributed by atoms with Gasteiger partial charge in [0.05, 0.1) is 19.1 Å². The molecule has 3 nitrogen and oxygen atoms in total. The topological polar surface area (TPSA) is 38.3 Å². The van der Waals surface area contributed by atoms with E-state index in [4.69, 9.17) is 4.74 Å².